The minimum atomic E-state index is -4.82. The molecule has 2 aromatic rings. The lowest BCUT2D eigenvalue weighted by molar-refractivity contribution is -0.385. The number of ketones is 2. The molecule has 0 bridgehead atoms. The molecule has 0 aromatic heterocycles. The number of carboxylic acids is 1. The number of Topliss-reactive ketones (excluding diaryl/α,β-unsaturated/α-hetero) is 2. The number of carboxylic acid groups (broad SMARTS) is 1. The van der Waals surface area contributed by atoms with Gasteiger partial charge in [-0.25, -0.2) is 0 Å². The first-order valence-electron chi connectivity index (χ1n) is 13.3. The summed E-state index contributed by atoms with van der Waals surface area (Å²) in [4.78, 5) is 51.3. The Bertz CT molecular complexity index is 1590. The van der Waals surface area contributed by atoms with Gasteiger partial charge in [-0.2, -0.15) is 13.2 Å². The number of benzene rings is 2. The van der Waals surface area contributed by atoms with E-state index in [0.29, 0.717) is 70.4 Å². The molecule has 1 heterocycles. The molecular formula is C29H23Br2F3N2O7. The summed E-state index contributed by atoms with van der Waals surface area (Å²) < 4.78 is 46.8. The van der Waals surface area contributed by atoms with E-state index in [1.807, 2.05) is 0 Å². The normalized spacial score (nSPS) is 17.7. The van der Waals surface area contributed by atoms with E-state index in [9.17, 15) is 42.8 Å². The molecule has 3 aliphatic rings. The number of nitro groups is 1. The summed E-state index contributed by atoms with van der Waals surface area (Å²) >= 11 is 6.84. The van der Waals surface area contributed by atoms with Gasteiger partial charge in [-0.3, -0.25) is 24.5 Å². The van der Waals surface area contributed by atoms with E-state index in [1.165, 1.54) is 0 Å². The second-order valence-electron chi connectivity index (χ2n) is 10.3. The summed E-state index contributed by atoms with van der Waals surface area (Å²) in [5.41, 5.74) is 0.0580. The highest BCUT2D eigenvalue weighted by molar-refractivity contribution is 9.11. The largest absolute Gasteiger partial charge is 0.481 e. The molecule has 0 spiro atoms. The number of hydrogen-bond acceptors (Lipinski definition) is 7. The number of nitrogens with zero attached hydrogens (tertiary/aromatic N) is 2. The quantitative estimate of drug-likeness (QED) is 0.226. The fraction of sp³-hybridized carbons (Fsp3) is 0.345. The number of allylic oxidation sites excluding steroid dienone is 4. The number of aliphatic carboxylic acids is 1. The summed E-state index contributed by atoms with van der Waals surface area (Å²) in [6.07, 6.45) is -2.62. The van der Waals surface area contributed by atoms with Gasteiger partial charge in [0.2, 0.25) is 5.75 Å². The molecule has 2 aromatic carbocycles. The lowest BCUT2D eigenvalue weighted by Crippen LogP contribution is -2.40. The summed E-state index contributed by atoms with van der Waals surface area (Å²) in [6, 6.07) is 5.12. The van der Waals surface area contributed by atoms with E-state index in [4.69, 9.17) is 4.74 Å². The lowest BCUT2D eigenvalue weighted by Gasteiger charge is -2.44. The van der Waals surface area contributed by atoms with Crippen molar-refractivity contribution in [1.29, 1.82) is 0 Å². The predicted octanol–water partition coefficient (Wildman–Crippen LogP) is 7.82. The third-order valence-electron chi connectivity index (χ3n) is 7.68. The van der Waals surface area contributed by atoms with Crippen LogP contribution in [-0.4, -0.2) is 39.0 Å². The molecule has 0 fully saturated rings. The van der Waals surface area contributed by atoms with Gasteiger partial charge in [0, 0.05) is 63.9 Å². The van der Waals surface area contributed by atoms with Gasteiger partial charge in [0.1, 0.15) is 5.75 Å². The Kier molecular flexibility index (Phi) is 8.54. The highest BCUT2D eigenvalue weighted by atomic mass is 79.9. The van der Waals surface area contributed by atoms with Gasteiger partial charge in [0.25, 0.3) is 0 Å². The van der Waals surface area contributed by atoms with Crippen LogP contribution in [0.1, 0.15) is 62.0 Å². The second kappa shape index (κ2) is 11.9. The topological polar surface area (TPSA) is 127 Å². The van der Waals surface area contributed by atoms with Gasteiger partial charge < -0.3 is 14.7 Å². The zero-order valence-corrected chi connectivity index (χ0v) is 25.5. The molecule has 1 N–H and O–H groups in total. The van der Waals surface area contributed by atoms with Crippen molar-refractivity contribution in [2.45, 2.75) is 57.0 Å². The van der Waals surface area contributed by atoms with Crippen LogP contribution in [0, 0.1) is 10.1 Å². The number of carbonyl (C=O) groups is 3. The number of ether oxygens (including phenoxy) is 1. The summed E-state index contributed by atoms with van der Waals surface area (Å²) in [6.45, 7) is 0.0730. The molecule has 0 unspecified atom stereocenters. The molecule has 14 heteroatoms. The highest BCUT2D eigenvalue weighted by Crippen LogP contribution is 2.53. The van der Waals surface area contributed by atoms with Crippen LogP contribution in [0.15, 0.2) is 61.8 Å². The van der Waals surface area contributed by atoms with E-state index < -0.39 is 40.0 Å². The zero-order chi connectivity index (χ0) is 31.2. The van der Waals surface area contributed by atoms with Gasteiger partial charge in [-0.15, -0.1) is 0 Å². The smallest absolute Gasteiger partial charge is 0.416 e. The standard InChI is InChI=1S/C29H23Br2F3N2O7/c30-15-12-16(28(17(31)13-15)43-23-8-7-14(29(32,33)34)11-20(23)36(41)42)25-26-18(3-1-5-21(26)37)35(10-9-24(39)40)19-4-2-6-22(38)27(19)25/h7-8,11-13,25H,1-6,9-10H2,(H,39,40). The Labute approximate surface area is 259 Å². The Morgan fingerprint density at radius 3 is 2.16 bits per heavy atom. The van der Waals surface area contributed by atoms with Crippen LogP contribution in [0.2, 0.25) is 0 Å². The summed E-state index contributed by atoms with van der Waals surface area (Å²) in [5.74, 6) is -2.89. The van der Waals surface area contributed by atoms with Crippen LogP contribution in [0.3, 0.4) is 0 Å². The van der Waals surface area contributed by atoms with Crippen molar-refractivity contribution < 1.29 is 42.3 Å². The van der Waals surface area contributed by atoms with Crippen molar-refractivity contribution in [2.24, 2.45) is 0 Å². The Morgan fingerprint density at radius 2 is 1.63 bits per heavy atom. The Hall–Kier alpha value is -3.52. The summed E-state index contributed by atoms with van der Waals surface area (Å²) in [5, 5.41) is 21.2. The van der Waals surface area contributed by atoms with E-state index >= 15 is 0 Å². The first-order valence-corrected chi connectivity index (χ1v) is 14.9. The molecule has 2 aliphatic carbocycles. The second-order valence-corrected chi connectivity index (χ2v) is 12.1. The zero-order valence-electron chi connectivity index (χ0n) is 22.3. The molecule has 0 amide bonds. The molecule has 9 nitrogen and oxygen atoms in total. The van der Waals surface area contributed by atoms with Crippen molar-refractivity contribution in [1.82, 2.24) is 4.90 Å². The predicted molar refractivity (Wildman–Crippen MR) is 153 cm³/mol. The molecule has 0 radical (unpaired) electrons. The number of carbonyl (C=O) groups excluding carboxylic acids is 2. The molecule has 0 atom stereocenters. The average molecular weight is 728 g/mol. The maximum absolute atomic E-state index is 13.6. The van der Waals surface area contributed by atoms with Crippen LogP contribution in [0.5, 0.6) is 11.5 Å². The molecule has 43 heavy (non-hydrogen) atoms. The first kappa shape index (κ1) is 30.9. The molecule has 0 saturated carbocycles. The highest BCUT2D eigenvalue weighted by Gasteiger charge is 2.45. The van der Waals surface area contributed by atoms with Crippen LogP contribution in [0.4, 0.5) is 18.9 Å². The Morgan fingerprint density at radius 1 is 1.02 bits per heavy atom. The fourth-order valence-electron chi connectivity index (χ4n) is 5.94. The van der Waals surface area contributed by atoms with Crippen molar-refractivity contribution in [3.05, 3.63) is 83.1 Å². The van der Waals surface area contributed by atoms with Crippen molar-refractivity contribution in [3.8, 4) is 11.5 Å². The van der Waals surface area contributed by atoms with Gasteiger partial charge in [-0.05, 0) is 65.9 Å². The van der Waals surface area contributed by atoms with E-state index in [-0.39, 0.29) is 47.6 Å². The number of halogens is 5. The van der Waals surface area contributed by atoms with E-state index in [1.54, 1.807) is 17.0 Å². The Balaban J connectivity index is 1.73. The van der Waals surface area contributed by atoms with E-state index in [0.717, 1.165) is 6.07 Å². The van der Waals surface area contributed by atoms with Gasteiger partial charge in [0.15, 0.2) is 11.6 Å². The van der Waals surface area contributed by atoms with Crippen LogP contribution in [-0.2, 0) is 20.6 Å². The van der Waals surface area contributed by atoms with Gasteiger partial charge in [0.05, 0.1) is 21.4 Å². The third kappa shape index (κ3) is 5.99. The number of hydrogen-bond donors (Lipinski definition) is 1. The minimum absolute atomic E-state index is 0.00880. The monoisotopic (exact) mass is 726 g/mol. The molecular weight excluding hydrogens is 705 g/mol. The molecule has 1 aliphatic heterocycles. The first-order chi connectivity index (χ1) is 20.3. The minimum Gasteiger partial charge on any atom is -0.481 e. The van der Waals surface area contributed by atoms with Crippen molar-refractivity contribution >= 4 is 55.1 Å². The van der Waals surface area contributed by atoms with Crippen LogP contribution >= 0.6 is 31.9 Å². The third-order valence-corrected chi connectivity index (χ3v) is 8.73. The lowest BCUT2D eigenvalue weighted by atomic mass is 9.70. The SMILES string of the molecule is O=C(O)CCN1C2=C(C(=O)CCC2)C(c2cc(Br)cc(Br)c2Oc2ccc(C(F)(F)F)cc2[N+](=O)[O-])C2=C1CCCC2=O. The fourth-order valence-corrected chi connectivity index (χ4v) is 7.28. The maximum atomic E-state index is 13.6. The van der Waals surface area contributed by atoms with Crippen LogP contribution in [0.25, 0.3) is 0 Å². The van der Waals surface area contributed by atoms with Crippen LogP contribution < -0.4 is 4.74 Å². The van der Waals surface area contributed by atoms with Gasteiger partial charge in [-0.1, -0.05) is 15.9 Å². The van der Waals surface area contributed by atoms with Crippen molar-refractivity contribution in [3.63, 3.8) is 0 Å². The average Bonchev–Trinajstić information content (AvgIpc) is 2.92. The molecule has 5 rings (SSSR count). The summed E-state index contributed by atoms with van der Waals surface area (Å²) in [7, 11) is 0. The number of nitro benzene ring substituents is 1. The maximum Gasteiger partial charge on any atom is 0.416 e. The van der Waals surface area contributed by atoms with E-state index in [2.05, 4.69) is 31.9 Å². The van der Waals surface area contributed by atoms with Crippen molar-refractivity contribution in [2.75, 3.05) is 6.54 Å². The number of alkyl halides is 3. The number of rotatable bonds is 7. The van der Waals surface area contributed by atoms with Gasteiger partial charge >= 0.3 is 17.8 Å². The molecule has 226 valence electrons. The molecule has 0 saturated heterocycles.